The molecule has 7 heteroatoms. The van der Waals surface area contributed by atoms with E-state index in [4.69, 9.17) is 26.6 Å². The van der Waals surface area contributed by atoms with Crippen LogP contribution in [0.4, 0.5) is 6.01 Å². The highest BCUT2D eigenvalue weighted by atomic mass is 35.5. The van der Waals surface area contributed by atoms with Crippen LogP contribution in [-0.2, 0) is 6.61 Å². The van der Waals surface area contributed by atoms with Crippen LogP contribution in [-0.4, -0.2) is 10.2 Å². The van der Waals surface area contributed by atoms with Crippen LogP contribution in [0, 0.1) is 0 Å². The van der Waals surface area contributed by atoms with Crippen LogP contribution >= 0.6 is 11.6 Å². The number of anilines is 1. The van der Waals surface area contributed by atoms with Gasteiger partial charge in [-0.05, 0) is 35.9 Å². The van der Waals surface area contributed by atoms with Crippen molar-refractivity contribution in [1.82, 2.24) is 10.2 Å². The Morgan fingerprint density at radius 2 is 1.95 bits per heavy atom. The minimum atomic E-state index is 0.155. The maximum absolute atomic E-state index is 5.85. The topological polar surface area (TPSA) is 86.2 Å². The number of ether oxygens (including phenoxy) is 1. The Morgan fingerprint density at radius 3 is 2.68 bits per heavy atom. The number of nitrogens with one attached hydrogen (secondary N) is 1. The summed E-state index contributed by atoms with van der Waals surface area (Å²) >= 11 is 5.85. The van der Waals surface area contributed by atoms with Crippen molar-refractivity contribution in [2.24, 2.45) is 5.84 Å². The second-order valence-corrected chi connectivity index (χ2v) is 4.94. The minimum absolute atomic E-state index is 0.155. The molecule has 2 aromatic carbocycles. The number of rotatable bonds is 5. The Kier molecular flexibility index (Phi) is 4.22. The molecule has 0 aliphatic carbocycles. The molecular weight excluding hydrogens is 304 g/mol. The molecule has 0 spiro atoms. The average Bonchev–Trinajstić information content (AvgIpc) is 3.04. The van der Waals surface area contributed by atoms with Crippen molar-refractivity contribution >= 4 is 17.6 Å². The molecule has 1 aromatic heterocycles. The largest absolute Gasteiger partial charge is 0.489 e. The Bertz CT molecular complexity index is 758. The van der Waals surface area contributed by atoms with E-state index in [2.05, 4.69) is 15.6 Å². The van der Waals surface area contributed by atoms with Crippen molar-refractivity contribution in [2.75, 3.05) is 5.43 Å². The molecule has 0 atom stereocenters. The SMILES string of the molecule is NNc1nnc(-c2cccc(OCc3ccc(Cl)cc3)c2)o1. The zero-order chi connectivity index (χ0) is 15.4. The van der Waals surface area contributed by atoms with Gasteiger partial charge in [-0.25, -0.2) is 5.84 Å². The van der Waals surface area contributed by atoms with E-state index >= 15 is 0 Å². The molecule has 0 radical (unpaired) electrons. The molecule has 112 valence electrons. The van der Waals surface area contributed by atoms with Crippen LogP contribution in [0.15, 0.2) is 52.9 Å². The first-order valence-corrected chi connectivity index (χ1v) is 6.90. The van der Waals surface area contributed by atoms with Crippen molar-refractivity contribution in [1.29, 1.82) is 0 Å². The Hall–Kier alpha value is -2.57. The second kappa shape index (κ2) is 6.46. The fraction of sp³-hybridized carbons (Fsp3) is 0.0667. The molecule has 1 heterocycles. The molecule has 6 nitrogen and oxygen atoms in total. The van der Waals surface area contributed by atoms with E-state index in [-0.39, 0.29) is 6.01 Å². The smallest absolute Gasteiger partial charge is 0.330 e. The Balaban J connectivity index is 1.72. The number of nitrogens with zero attached hydrogens (tertiary/aromatic N) is 2. The number of nitrogens with two attached hydrogens (primary N) is 1. The predicted octanol–water partition coefficient (Wildman–Crippen LogP) is 3.25. The number of nitrogen functional groups attached to an aromatic ring is 1. The molecule has 0 bridgehead atoms. The molecule has 0 saturated heterocycles. The van der Waals surface area contributed by atoms with Gasteiger partial charge in [0.1, 0.15) is 12.4 Å². The first-order valence-electron chi connectivity index (χ1n) is 6.52. The van der Waals surface area contributed by atoms with Crippen molar-refractivity contribution in [3.63, 3.8) is 0 Å². The first-order chi connectivity index (χ1) is 10.7. The van der Waals surface area contributed by atoms with E-state index in [1.807, 2.05) is 48.5 Å². The van der Waals surface area contributed by atoms with Crippen LogP contribution in [0.1, 0.15) is 5.56 Å². The molecule has 0 saturated carbocycles. The lowest BCUT2D eigenvalue weighted by molar-refractivity contribution is 0.306. The lowest BCUT2D eigenvalue weighted by Crippen LogP contribution is -2.06. The number of hydrogen-bond acceptors (Lipinski definition) is 6. The van der Waals surface area contributed by atoms with Gasteiger partial charge in [-0.1, -0.05) is 34.9 Å². The van der Waals surface area contributed by atoms with Gasteiger partial charge in [0, 0.05) is 10.6 Å². The molecule has 22 heavy (non-hydrogen) atoms. The van der Waals surface area contributed by atoms with Gasteiger partial charge in [0.25, 0.3) is 0 Å². The van der Waals surface area contributed by atoms with E-state index in [0.717, 1.165) is 11.1 Å². The molecule has 0 amide bonds. The zero-order valence-corrected chi connectivity index (χ0v) is 12.2. The monoisotopic (exact) mass is 316 g/mol. The van der Waals surface area contributed by atoms with Crippen LogP contribution in [0.2, 0.25) is 5.02 Å². The van der Waals surface area contributed by atoms with Crippen LogP contribution in [0.3, 0.4) is 0 Å². The third kappa shape index (κ3) is 3.36. The van der Waals surface area contributed by atoms with E-state index < -0.39 is 0 Å². The molecular formula is C15H13ClN4O2. The van der Waals surface area contributed by atoms with Crippen LogP contribution < -0.4 is 16.0 Å². The summed E-state index contributed by atoms with van der Waals surface area (Å²) in [6.07, 6.45) is 0. The molecule has 3 aromatic rings. The standard InChI is InChI=1S/C15H13ClN4O2/c16-12-6-4-10(5-7-12)9-21-13-3-1-2-11(8-13)14-19-20-15(18-17)22-14/h1-8H,9,17H2,(H,18,20). The van der Waals surface area contributed by atoms with Crippen LogP contribution in [0.5, 0.6) is 5.75 Å². The van der Waals surface area contributed by atoms with E-state index in [1.165, 1.54) is 0 Å². The summed E-state index contributed by atoms with van der Waals surface area (Å²) in [6, 6.07) is 15.0. The van der Waals surface area contributed by atoms with Gasteiger partial charge < -0.3 is 9.15 Å². The summed E-state index contributed by atoms with van der Waals surface area (Å²) in [6.45, 7) is 0.445. The van der Waals surface area contributed by atoms with Gasteiger partial charge >= 0.3 is 6.01 Å². The first kappa shape index (κ1) is 14.4. The average molecular weight is 317 g/mol. The molecule has 0 aliphatic rings. The number of hydrazine groups is 1. The molecule has 3 rings (SSSR count). The van der Waals surface area contributed by atoms with Gasteiger partial charge in [0.15, 0.2) is 0 Å². The van der Waals surface area contributed by atoms with E-state index in [0.29, 0.717) is 23.3 Å². The van der Waals surface area contributed by atoms with E-state index in [9.17, 15) is 0 Å². The Labute approximate surface area is 131 Å². The fourth-order valence-electron chi connectivity index (χ4n) is 1.86. The van der Waals surface area contributed by atoms with Crippen molar-refractivity contribution in [3.05, 3.63) is 59.1 Å². The molecule has 0 fully saturated rings. The van der Waals surface area contributed by atoms with Gasteiger partial charge in [-0.15, -0.1) is 5.10 Å². The summed E-state index contributed by atoms with van der Waals surface area (Å²) in [7, 11) is 0. The summed E-state index contributed by atoms with van der Waals surface area (Å²) in [4.78, 5) is 0. The molecule has 0 unspecified atom stereocenters. The summed E-state index contributed by atoms with van der Waals surface area (Å²) in [5.41, 5.74) is 4.08. The van der Waals surface area contributed by atoms with Crippen molar-refractivity contribution in [2.45, 2.75) is 6.61 Å². The zero-order valence-electron chi connectivity index (χ0n) is 11.5. The maximum Gasteiger partial charge on any atom is 0.330 e. The van der Waals surface area contributed by atoms with Gasteiger partial charge in [-0.3, -0.25) is 5.43 Å². The second-order valence-electron chi connectivity index (χ2n) is 4.50. The van der Waals surface area contributed by atoms with Crippen molar-refractivity contribution in [3.8, 4) is 17.2 Å². The number of aromatic nitrogens is 2. The highest BCUT2D eigenvalue weighted by Gasteiger charge is 2.08. The summed E-state index contributed by atoms with van der Waals surface area (Å²) in [5, 5.41) is 8.33. The van der Waals surface area contributed by atoms with Gasteiger partial charge in [-0.2, -0.15) is 0 Å². The van der Waals surface area contributed by atoms with Crippen molar-refractivity contribution < 1.29 is 9.15 Å². The minimum Gasteiger partial charge on any atom is -0.489 e. The molecule has 0 aliphatic heterocycles. The highest BCUT2D eigenvalue weighted by molar-refractivity contribution is 6.30. The van der Waals surface area contributed by atoms with Crippen LogP contribution in [0.25, 0.3) is 11.5 Å². The number of hydrogen-bond donors (Lipinski definition) is 2. The fourth-order valence-corrected chi connectivity index (χ4v) is 1.99. The predicted molar refractivity (Wildman–Crippen MR) is 83.3 cm³/mol. The van der Waals surface area contributed by atoms with Gasteiger partial charge in [0.2, 0.25) is 5.89 Å². The highest BCUT2D eigenvalue weighted by Crippen LogP contribution is 2.24. The quantitative estimate of drug-likeness (QED) is 0.555. The Morgan fingerprint density at radius 1 is 1.14 bits per heavy atom. The third-order valence-corrected chi connectivity index (χ3v) is 3.20. The third-order valence-electron chi connectivity index (χ3n) is 2.95. The lowest BCUT2D eigenvalue weighted by atomic mass is 10.2. The van der Waals surface area contributed by atoms with E-state index in [1.54, 1.807) is 0 Å². The number of halogens is 1. The van der Waals surface area contributed by atoms with Gasteiger partial charge in [0.05, 0.1) is 0 Å². The maximum atomic E-state index is 5.85. The normalized spacial score (nSPS) is 10.5. The summed E-state index contributed by atoms with van der Waals surface area (Å²) < 4.78 is 11.1. The molecule has 3 N–H and O–H groups in total. The lowest BCUT2D eigenvalue weighted by Gasteiger charge is -2.07. The summed E-state index contributed by atoms with van der Waals surface area (Å²) in [5.74, 6) is 6.28. The number of benzene rings is 2.